The van der Waals surface area contributed by atoms with Crippen molar-refractivity contribution in [3.8, 4) is 0 Å². The molecular weight excluding hydrogens is 236 g/mol. The minimum atomic E-state index is -0.305. The second kappa shape index (κ2) is 6.03. The Balaban J connectivity index is 2.35. The third kappa shape index (κ3) is 4.36. The molecule has 1 aromatic carbocycles. The average molecular weight is 255 g/mol. The molecule has 94 valence electrons. The molecule has 0 saturated heterocycles. The number of amidine groups is 1. The van der Waals surface area contributed by atoms with Gasteiger partial charge in [-0.3, -0.25) is 5.41 Å². The average Bonchev–Trinajstić information content (AvgIpc) is 2.26. The van der Waals surface area contributed by atoms with Crippen LogP contribution in [0.2, 0.25) is 5.02 Å². The molecule has 1 aromatic rings. The van der Waals surface area contributed by atoms with Gasteiger partial charge in [0.2, 0.25) is 0 Å². The SMILES string of the molecule is CC(C)(CCOCc1ccccc1Cl)C(=N)N. The molecule has 4 heteroatoms. The Morgan fingerprint density at radius 3 is 2.65 bits per heavy atom. The molecule has 0 aliphatic carbocycles. The minimum absolute atomic E-state index is 0.193. The number of halogens is 1. The van der Waals surface area contributed by atoms with Gasteiger partial charge < -0.3 is 10.5 Å². The first kappa shape index (κ1) is 14.0. The normalized spacial score (nSPS) is 11.5. The first-order valence-corrected chi connectivity index (χ1v) is 5.97. The van der Waals surface area contributed by atoms with Crippen LogP contribution in [0.15, 0.2) is 24.3 Å². The summed E-state index contributed by atoms with van der Waals surface area (Å²) >= 11 is 6.01. The zero-order valence-electron chi connectivity index (χ0n) is 10.3. The van der Waals surface area contributed by atoms with Gasteiger partial charge in [-0.25, -0.2) is 0 Å². The van der Waals surface area contributed by atoms with E-state index in [-0.39, 0.29) is 11.3 Å². The number of rotatable bonds is 6. The maximum Gasteiger partial charge on any atom is 0.0963 e. The number of nitrogens with two attached hydrogens (primary N) is 1. The molecule has 17 heavy (non-hydrogen) atoms. The Bertz CT molecular complexity index is 391. The first-order valence-electron chi connectivity index (χ1n) is 5.59. The topological polar surface area (TPSA) is 59.1 Å². The van der Waals surface area contributed by atoms with Crippen molar-refractivity contribution < 1.29 is 4.74 Å². The van der Waals surface area contributed by atoms with E-state index in [1.54, 1.807) is 0 Å². The highest BCUT2D eigenvalue weighted by Gasteiger charge is 2.20. The van der Waals surface area contributed by atoms with Crippen molar-refractivity contribution in [2.45, 2.75) is 26.9 Å². The molecule has 0 heterocycles. The van der Waals surface area contributed by atoms with E-state index in [1.165, 1.54) is 0 Å². The zero-order valence-corrected chi connectivity index (χ0v) is 11.1. The Labute approximate surface area is 107 Å². The fourth-order valence-electron chi connectivity index (χ4n) is 1.26. The summed E-state index contributed by atoms with van der Waals surface area (Å²) in [7, 11) is 0. The van der Waals surface area contributed by atoms with Crippen molar-refractivity contribution >= 4 is 17.4 Å². The number of benzene rings is 1. The van der Waals surface area contributed by atoms with Crippen molar-refractivity contribution in [1.82, 2.24) is 0 Å². The van der Waals surface area contributed by atoms with Gasteiger partial charge in [0.15, 0.2) is 0 Å². The molecule has 0 bridgehead atoms. The summed E-state index contributed by atoms with van der Waals surface area (Å²) in [5, 5.41) is 8.15. The van der Waals surface area contributed by atoms with Crippen LogP contribution in [0.1, 0.15) is 25.8 Å². The standard InChI is InChI=1S/C13H19ClN2O/c1-13(2,12(15)16)7-8-17-9-10-5-3-4-6-11(10)14/h3-6H,7-9H2,1-2H3,(H3,15,16). The summed E-state index contributed by atoms with van der Waals surface area (Å²) in [6, 6.07) is 7.62. The molecule has 0 fully saturated rings. The predicted octanol–water partition coefficient (Wildman–Crippen LogP) is 3.21. The summed E-state index contributed by atoms with van der Waals surface area (Å²) in [4.78, 5) is 0. The largest absolute Gasteiger partial charge is 0.387 e. The Kier molecular flexibility index (Phi) is 4.97. The van der Waals surface area contributed by atoms with Gasteiger partial charge in [0.25, 0.3) is 0 Å². The summed E-state index contributed by atoms with van der Waals surface area (Å²) in [5.74, 6) is 0.193. The van der Waals surface area contributed by atoms with Crippen molar-refractivity contribution in [3.63, 3.8) is 0 Å². The lowest BCUT2D eigenvalue weighted by Gasteiger charge is -2.22. The second-order valence-electron chi connectivity index (χ2n) is 4.69. The highest BCUT2D eigenvalue weighted by atomic mass is 35.5. The summed E-state index contributed by atoms with van der Waals surface area (Å²) in [5.41, 5.74) is 6.17. The van der Waals surface area contributed by atoms with Crippen LogP contribution in [0.25, 0.3) is 0 Å². The molecule has 0 unspecified atom stereocenters. The van der Waals surface area contributed by atoms with Crippen molar-refractivity contribution in [2.75, 3.05) is 6.61 Å². The molecule has 0 amide bonds. The molecule has 0 aliphatic rings. The minimum Gasteiger partial charge on any atom is -0.387 e. The van der Waals surface area contributed by atoms with Crippen LogP contribution in [-0.4, -0.2) is 12.4 Å². The Hall–Kier alpha value is -1.06. The van der Waals surface area contributed by atoms with E-state index < -0.39 is 0 Å². The van der Waals surface area contributed by atoms with Crippen LogP contribution in [0.3, 0.4) is 0 Å². The van der Waals surface area contributed by atoms with E-state index in [4.69, 9.17) is 27.5 Å². The van der Waals surface area contributed by atoms with Gasteiger partial charge in [0.05, 0.1) is 12.4 Å². The Morgan fingerprint density at radius 1 is 1.41 bits per heavy atom. The highest BCUT2D eigenvalue weighted by Crippen LogP contribution is 2.20. The molecular formula is C13H19ClN2O. The lowest BCUT2D eigenvalue weighted by molar-refractivity contribution is 0.104. The monoisotopic (exact) mass is 254 g/mol. The zero-order chi connectivity index (χ0) is 12.9. The molecule has 3 N–H and O–H groups in total. The molecule has 0 radical (unpaired) electrons. The van der Waals surface area contributed by atoms with Gasteiger partial charge in [-0.15, -0.1) is 0 Å². The molecule has 0 atom stereocenters. The Morgan fingerprint density at radius 2 is 2.06 bits per heavy atom. The third-order valence-corrected chi connectivity index (χ3v) is 3.18. The molecule has 0 saturated carbocycles. The van der Waals surface area contributed by atoms with Crippen molar-refractivity contribution in [2.24, 2.45) is 11.1 Å². The van der Waals surface area contributed by atoms with Gasteiger partial charge >= 0.3 is 0 Å². The third-order valence-electron chi connectivity index (χ3n) is 2.82. The van der Waals surface area contributed by atoms with E-state index >= 15 is 0 Å². The first-order chi connectivity index (χ1) is 7.93. The second-order valence-corrected chi connectivity index (χ2v) is 5.10. The van der Waals surface area contributed by atoms with Crippen LogP contribution in [0.5, 0.6) is 0 Å². The highest BCUT2D eigenvalue weighted by molar-refractivity contribution is 6.31. The molecule has 3 nitrogen and oxygen atoms in total. The number of hydrogen-bond donors (Lipinski definition) is 2. The van der Waals surface area contributed by atoms with Crippen molar-refractivity contribution in [1.29, 1.82) is 5.41 Å². The number of ether oxygens (including phenoxy) is 1. The van der Waals surface area contributed by atoms with Gasteiger partial charge in [-0.1, -0.05) is 43.6 Å². The van der Waals surface area contributed by atoms with Crippen LogP contribution >= 0.6 is 11.6 Å². The quantitative estimate of drug-likeness (QED) is 0.465. The van der Waals surface area contributed by atoms with Crippen molar-refractivity contribution in [3.05, 3.63) is 34.9 Å². The van der Waals surface area contributed by atoms with Gasteiger partial charge in [0, 0.05) is 17.0 Å². The van der Waals surface area contributed by atoms with Crippen LogP contribution in [0, 0.1) is 10.8 Å². The molecule has 0 aliphatic heterocycles. The fraction of sp³-hybridized carbons (Fsp3) is 0.462. The van der Waals surface area contributed by atoms with Crippen LogP contribution in [-0.2, 0) is 11.3 Å². The maximum atomic E-state index is 7.43. The fourth-order valence-corrected chi connectivity index (χ4v) is 1.45. The lowest BCUT2D eigenvalue weighted by Crippen LogP contribution is -2.31. The summed E-state index contributed by atoms with van der Waals surface area (Å²) in [6.07, 6.45) is 0.729. The molecule has 1 rings (SSSR count). The number of nitrogens with one attached hydrogen (secondary N) is 1. The molecule has 0 spiro atoms. The predicted molar refractivity (Wildman–Crippen MR) is 71.4 cm³/mol. The maximum absolute atomic E-state index is 7.43. The van der Waals surface area contributed by atoms with E-state index in [9.17, 15) is 0 Å². The van der Waals surface area contributed by atoms with Crippen LogP contribution < -0.4 is 5.73 Å². The van der Waals surface area contributed by atoms with E-state index in [2.05, 4.69) is 0 Å². The van der Waals surface area contributed by atoms with E-state index in [0.29, 0.717) is 13.2 Å². The van der Waals surface area contributed by atoms with Gasteiger partial charge in [0.1, 0.15) is 0 Å². The van der Waals surface area contributed by atoms with Gasteiger partial charge in [-0.2, -0.15) is 0 Å². The van der Waals surface area contributed by atoms with Gasteiger partial charge in [-0.05, 0) is 18.1 Å². The van der Waals surface area contributed by atoms with E-state index in [0.717, 1.165) is 17.0 Å². The van der Waals surface area contributed by atoms with E-state index in [1.807, 2.05) is 38.1 Å². The lowest BCUT2D eigenvalue weighted by atomic mass is 9.88. The van der Waals surface area contributed by atoms with Crippen LogP contribution in [0.4, 0.5) is 0 Å². The number of hydrogen-bond acceptors (Lipinski definition) is 2. The summed E-state index contributed by atoms with van der Waals surface area (Å²) in [6.45, 7) is 4.94. The molecule has 0 aromatic heterocycles. The summed E-state index contributed by atoms with van der Waals surface area (Å²) < 4.78 is 5.55. The smallest absolute Gasteiger partial charge is 0.0963 e.